The minimum Gasteiger partial charge on any atom is -0.461 e. The molecule has 3 heterocycles. The number of amides is 1. The fourth-order valence-electron chi connectivity index (χ4n) is 3.13. The first kappa shape index (κ1) is 18.7. The summed E-state index contributed by atoms with van der Waals surface area (Å²) in [6.07, 6.45) is 6.68. The quantitative estimate of drug-likeness (QED) is 0.491. The van der Waals surface area contributed by atoms with Crippen molar-refractivity contribution in [2.45, 2.75) is 32.2 Å². The number of aromatic nitrogens is 4. The second kappa shape index (κ2) is 8.55. The topological polar surface area (TPSA) is 99.0 Å². The Morgan fingerprint density at radius 2 is 2.10 bits per heavy atom. The molecule has 8 nitrogen and oxygen atoms in total. The maximum atomic E-state index is 12.4. The summed E-state index contributed by atoms with van der Waals surface area (Å²) < 4.78 is 12.3. The van der Waals surface area contributed by atoms with Crippen LogP contribution in [-0.4, -0.2) is 25.8 Å². The Labute approximate surface area is 167 Å². The van der Waals surface area contributed by atoms with Crippen LogP contribution in [0.3, 0.4) is 0 Å². The summed E-state index contributed by atoms with van der Waals surface area (Å²) in [4.78, 5) is 16.7. The third kappa shape index (κ3) is 4.43. The van der Waals surface area contributed by atoms with Gasteiger partial charge in [-0.05, 0) is 43.2 Å². The molecule has 1 N–H and O–H groups in total. The van der Waals surface area contributed by atoms with Crippen molar-refractivity contribution >= 4 is 5.91 Å². The van der Waals surface area contributed by atoms with Gasteiger partial charge in [0, 0.05) is 25.2 Å². The van der Waals surface area contributed by atoms with Crippen LogP contribution in [0.1, 0.15) is 37.3 Å². The van der Waals surface area contributed by atoms with E-state index in [0.717, 1.165) is 11.3 Å². The molecule has 0 saturated carbocycles. The molecule has 1 atom stereocenters. The zero-order valence-corrected chi connectivity index (χ0v) is 16.0. The van der Waals surface area contributed by atoms with E-state index in [1.165, 1.54) is 0 Å². The van der Waals surface area contributed by atoms with Crippen LogP contribution in [0, 0.1) is 0 Å². The number of nitrogens with zero attached hydrogens (tertiary/aromatic N) is 4. The Balaban J connectivity index is 1.30. The lowest BCUT2D eigenvalue weighted by Gasteiger charge is -2.18. The molecule has 3 aromatic heterocycles. The number of benzene rings is 1. The molecule has 0 fully saturated rings. The molecule has 8 heteroatoms. The third-order valence-electron chi connectivity index (χ3n) is 4.54. The molecule has 0 unspecified atom stereocenters. The Morgan fingerprint density at radius 3 is 2.90 bits per heavy atom. The number of carbonyl (C=O) groups is 1. The highest BCUT2D eigenvalue weighted by Gasteiger charge is 2.15. The standard InChI is InChI=1S/C21H21N5O3/c1-15(16-7-2-3-8-17(16)26-13-6-12-22-26)23-19(27)10-4-11-20-24-21(25-29-20)18-9-5-14-28-18/h2-3,5-9,12-15H,4,10-11H2,1H3,(H,23,27)/t15-/m1/s1. The molecule has 1 aromatic carbocycles. The molecule has 4 rings (SSSR count). The number of rotatable bonds is 8. The maximum Gasteiger partial charge on any atom is 0.238 e. The summed E-state index contributed by atoms with van der Waals surface area (Å²) in [6, 6.07) is 13.2. The van der Waals surface area contributed by atoms with Gasteiger partial charge in [0.1, 0.15) is 0 Å². The number of hydrogen-bond donors (Lipinski definition) is 1. The Hall–Kier alpha value is -3.68. The van der Waals surface area contributed by atoms with Crippen molar-refractivity contribution < 1.29 is 13.7 Å². The molecule has 0 aliphatic heterocycles. The molecule has 0 aliphatic carbocycles. The van der Waals surface area contributed by atoms with Gasteiger partial charge >= 0.3 is 0 Å². The molecule has 0 radical (unpaired) electrons. The molecule has 148 valence electrons. The van der Waals surface area contributed by atoms with Crippen LogP contribution < -0.4 is 5.32 Å². The summed E-state index contributed by atoms with van der Waals surface area (Å²) in [7, 11) is 0. The first-order valence-electron chi connectivity index (χ1n) is 9.45. The number of furan rings is 1. The predicted molar refractivity (Wildman–Crippen MR) is 105 cm³/mol. The van der Waals surface area contributed by atoms with Gasteiger partial charge in [0.15, 0.2) is 5.76 Å². The van der Waals surface area contributed by atoms with E-state index in [9.17, 15) is 4.79 Å². The van der Waals surface area contributed by atoms with E-state index in [1.54, 1.807) is 29.3 Å². The van der Waals surface area contributed by atoms with Crippen molar-refractivity contribution in [2.75, 3.05) is 0 Å². The molecule has 0 aliphatic rings. The molecule has 0 saturated heterocycles. The summed E-state index contributed by atoms with van der Waals surface area (Å²) in [5.74, 6) is 1.43. The lowest BCUT2D eigenvalue weighted by atomic mass is 10.1. The third-order valence-corrected chi connectivity index (χ3v) is 4.54. The van der Waals surface area contributed by atoms with E-state index in [-0.39, 0.29) is 11.9 Å². The number of hydrogen-bond acceptors (Lipinski definition) is 6. The minimum absolute atomic E-state index is 0.0291. The fraction of sp³-hybridized carbons (Fsp3) is 0.238. The van der Waals surface area contributed by atoms with E-state index >= 15 is 0 Å². The van der Waals surface area contributed by atoms with Gasteiger partial charge in [0.05, 0.1) is 18.0 Å². The van der Waals surface area contributed by atoms with Gasteiger partial charge in [-0.15, -0.1) is 0 Å². The summed E-state index contributed by atoms with van der Waals surface area (Å²) in [5, 5.41) is 11.2. The number of para-hydroxylation sites is 1. The fourth-order valence-corrected chi connectivity index (χ4v) is 3.13. The van der Waals surface area contributed by atoms with Crippen molar-refractivity contribution in [3.05, 3.63) is 72.6 Å². The number of aryl methyl sites for hydroxylation is 1. The highest BCUT2D eigenvalue weighted by atomic mass is 16.5. The normalized spacial score (nSPS) is 12.0. The lowest BCUT2D eigenvalue weighted by molar-refractivity contribution is -0.121. The smallest absolute Gasteiger partial charge is 0.238 e. The van der Waals surface area contributed by atoms with Crippen molar-refractivity contribution in [3.63, 3.8) is 0 Å². The lowest BCUT2D eigenvalue weighted by Crippen LogP contribution is -2.27. The van der Waals surface area contributed by atoms with E-state index in [2.05, 4.69) is 20.6 Å². The predicted octanol–water partition coefficient (Wildman–Crippen LogP) is 3.72. The van der Waals surface area contributed by atoms with Gasteiger partial charge in [0.2, 0.25) is 17.6 Å². The van der Waals surface area contributed by atoms with Crippen molar-refractivity contribution in [1.29, 1.82) is 0 Å². The van der Waals surface area contributed by atoms with Gasteiger partial charge in [-0.1, -0.05) is 23.4 Å². The van der Waals surface area contributed by atoms with Gasteiger partial charge < -0.3 is 14.3 Å². The first-order valence-corrected chi connectivity index (χ1v) is 9.45. The molecule has 0 bridgehead atoms. The van der Waals surface area contributed by atoms with Crippen LogP contribution in [0.25, 0.3) is 17.3 Å². The zero-order chi connectivity index (χ0) is 20.1. The largest absolute Gasteiger partial charge is 0.461 e. The monoisotopic (exact) mass is 391 g/mol. The van der Waals surface area contributed by atoms with Crippen molar-refractivity contribution in [1.82, 2.24) is 25.2 Å². The Bertz CT molecular complexity index is 1050. The van der Waals surface area contributed by atoms with Crippen LogP contribution >= 0.6 is 0 Å². The molecular weight excluding hydrogens is 370 g/mol. The van der Waals surface area contributed by atoms with Gasteiger partial charge in [-0.25, -0.2) is 4.68 Å². The number of nitrogens with one attached hydrogen (secondary N) is 1. The zero-order valence-electron chi connectivity index (χ0n) is 16.0. The number of carbonyl (C=O) groups excluding carboxylic acids is 1. The van der Waals surface area contributed by atoms with E-state index in [4.69, 9.17) is 8.94 Å². The molecule has 1 amide bonds. The Morgan fingerprint density at radius 1 is 1.21 bits per heavy atom. The van der Waals surface area contributed by atoms with Gasteiger partial charge in [-0.2, -0.15) is 10.1 Å². The highest BCUT2D eigenvalue weighted by Crippen LogP contribution is 2.21. The molecule has 29 heavy (non-hydrogen) atoms. The van der Waals surface area contributed by atoms with E-state index < -0.39 is 0 Å². The van der Waals surface area contributed by atoms with E-state index in [1.807, 2.05) is 43.5 Å². The Kier molecular flexibility index (Phi) is 5.51. The van der Waals surface area contributed by atoms with Crippen LogP contribution in [0.4, 0.5) is 0 Å². The minimum atomic E-state index is -0.142. The first-order chi connectivity index (χ1) is 14.2. The van der Waals surface area contributed by atoms with Gasteiger partial charge in [0.25, 0.3) is 0 Å². The van der Waals surface area contributed by atoms with Crippen LogP contribution in [-0.2, 0) is 11.2 Å². The molecule has 0 spiro atoms. The molecular formula is C21H21N5O3. The van der Waals surface area contributed by atoms with Crippen LogP contribution in [0.15, 0.2) is 70.1 Å². The SMILES string of the molecule is C[C@@H](NC(=O)CCCc1nc(-c2ccco2)no1)c1ccccc1-n1cccn1. The average Bonchev–Trinajstić information content (AvgIpc) is 3.49. The maximum absolute atomic E-state index is 12.4. The van der Waals surface area contributed by atoms with Crippen LogP contribution in [0.5, 0.6) is 0 Å². The average molecular weight is 391 g/mol. The second-order valence-corrected chi connectivity index (χ2v) is 6.64. The van der Waals surface area contributed by atoms with E-state index in [0.29, 0.717) is 36.7 Å². The summed E-state index contributed by atoms with van der Waals surface area (Å²) in [6.45, 7) is 1.97. The summed E-state index contributed by atoms with van der Waals surface area (Å²) in [5.41, 5.74) is 1.95. The highest BCUT2D eigenvalue weighted by molar-refractivity contribution is 5.76. The van der Waals surface area contributed by atoms with Crippen molar-refractivity contribution in [3.8, 4) is 17.3 Å². The van der Waals surface area contributed by atoms with Crippen LogP contribution in [0.2, 0.25) is 0 Å². The molecule has 4 aromatic rings. The van der Waals surface area contributed by atoms with Crippen molar-refractivity contribution in [2.24, 2.45) is 0 Å². The van der Waals surface area contributed by atoms with Gasteiger partial charge in [-0.3, -0.25) is 4.79 Å². The second-order valence-electron chi connectivity index (χ2n) is 6.64. The summed E-state index contributed by atoms with van der Waals surface area (Å²) >= 11 is 0.